The van der Waals surface area contributed by atoms with Crippen LogP contribution in [0.1, 0.15) is 57.2 Å². The first kappa shape index (κ1) is 12.6. The lowest BCUT2D eigenvalue weighted by Gasteiger charge is -2.34. The van der Waals surface area contributed by atoms with E-state index in [1.165, 1.54) is 6.42 Å². The van der Waals surface area contributed by atoms with E-state index in [0.717, 1.165) is 25.4 Å². The lowest BCUT2D eigenvalue weighted by molar-refractivity contribution is 0.156. The number of piperidine rings is 1. The van der Waals surface area contributed by atoms with E-state index in [9.17, 15) is 5.11 Å². The van der Waals surface area contributed by atoms with Gasteiger partial charge in [0.2, 0.25) is 0 Å². The molecule has 0 radical (unpaired) electrons. The molecule has 1 fully saturated rings. The molecule has 1 N–H and O–H groups in total. The van der Waals surface area contributed by atoms with Gasteiger partial charge in [0.25, 0.3) is 0 Å². The zero-order chi connectivity index (χ0) is 12.4. The van der Waals surface area contributed by atoms with Gasteiger partial charge in [0, 0.05) is 18.5 Å². The van der Waals surface area contributed by atoms with Gasteiger partial charge in [-0.3, -0.25) is 0 Å². The van der Waals surface area contributed by atoms with Crippen molar-refractivity contribution >= 4 is 0 Å². The van der Waals surface area contributed by atoms with Crippen molar-refractivity contribution in [3.05, 3.63) is 17.8 Å². The highest BCUT2D eigenvalue weighted by Gasteiger charge is 2.26. The maximum absolute atomic E-state index is 9.44. The highest BCUT2D eigenvalue weighted by molar-refractivity contribution is 5.04. The van der Waals surface area contributed by atoms with E-state index in [0.29, 0.717) is 17.7 Å². The molecule has 17 heavy (non-hydrogen) atoms. The molecule has 1 saturated heterocycles. The Bertz CT molecular complexity index is 360. The average Bonchev–Trinajstić information content (AvgIpc) is 2.78. The van der Waals surface area contributed by atoms with Gasteiger partial charge in [-0.1, -0.05) is 0 Å². The topological polar surface area (TPSA) is 49.5 Å². The van der Waals surface area contributed by atoms with E-state index < -0.39 is 6.10 Å². The monoisotopic (exact) mass is 238 g/mol. The van der Waals surface area contributed by atoms with Crippen LogP contribution in [0.5, 0.6) is 0 Å². The highest BCUT2D eigenvalue weighted by atomic mass is 16.3. The molecule has 0 saturated carbocycles. The standard InChI is InChI=1S/C13H22N2O2/c1-9(2)15-6-4-5-11(7-15)13-14-12(8-17-13)10(3)16/h8-11,16H,4-7H2,1-3H3. The summed E-state index contributed by atoms with van der Waals surface area (Å²) in [4.78, 5) is 6.84. The summed E-state index contributed by atoms with van der Waals surface area (Å²) in [5, 5.41) is 9.44. The Morgan fingerprint density at radius 2 is 2.24 bits per heavy atom. The zero-order valence-corrected chi connectivity index (χ0v) is 10.9. The molecule has 2 unspecified atom stereocenters. The van der Waals surface area contributed by atoms with Crippen LogP contribution in [0, 0.1) is 0 Å². The van der Waals surface area contributed by atoms with Gasteiger partial charge in [0.05, 0.1) is 6.10 Å². The minimum Gasteiger partial charge on any atom is -0.448 e. The van der Waals surface area contributed by atoms with E-state index in [2.05, 4.69) is 23.7 Å². The first-order valence-corrected chi connectivity index (χ1v) is 6.45. The predicted molar refractivity (Wildman–Crippen MR) is 65.8 cm³/mol. The molecule has 0 bridgehead atoms. The summed E-state index contributed by atoms with van der Waals surface area (Å²) in [6.45, 7) is 8.33. The van der Waals surface area contributed by atoms with Crippen molar-refractivity contribution in [2.45, 2.75) is 51.7 Å². The summed E-state index contributed by atoms with van der Waals surface area (Å²) >= 11 is 0. The van der Waals surface area contributed by atoms with Crippen LogP contribution in [0.15, 0.2) is 10.7 Å². The molecule has 96 valence electrons. The maximum atomic E-state index is 9.44. The third-order valence-corrected chi connectivity index (χ3v) is 3.50. The molecule has 1 aliphatic heterocycles. The molecule has 0 amide bonds. The Labute approximate surface area is 103 Å². The summed E-state index contributed by atoms with van der Waals surface area (Å²) in [5.74, 6) is 1.16. The van der Waals surface area contributed by atoms with Crippen molar-refractivity contribution in [1.29, 1.82) is 0 Å². The Hall–Kier alpha value is -0.870. The van der Waals surface area contributed by atoms with Gasteiger partial charge in [0.1, 0.15) is 12.0 Å². The summed E-state index contributed by atoms with van der Waals surface area (Å²) in [6, 6.07) is 0.573. The smallest absolute Gasteiger partial charge is 0.198 e. The second-order valence-electron chi connectivity index (χ2n) is 5.21. The summed E-state index contributed by atoms with van der Waals surface area (Å²) in [6.07, 6.45) is 3.35. The van der Waals surface area contributed by atoms with E-state index in [1.54, 1.807) is 13.2 Å². The number of hydrogen-bond acceptors (Lipinski definition) is 4. The van der Waals surface area contributed by atoms with Crippen LogP contribution < -0.4 is 0 Å². The first-order chi connectivity index (χ1) is 8.08. The van der Waals surface area contributed by atoms with Crippen LogP contribution in [-0.2, 0) is 0 Å². The highest BCUT2D eigenvalue weighted by Crippen LogP contribution is 2.28. The van der Waals surface area contributed by atoms with Crippen LogP contribution in [0.2, 0.25) is 0 Å². The number of aliphatic hydroxyl groups excluding tert-OH is 1. The lowest BCUT2D eigenvalue weighted by atomic mass is 9.97. The lowest BCUT2D eigenvalue weighted by Crippen LogP contribution is -2.39. The Balaban J connectivity index is 2.05. The second-order valence-corrected chi connectivity index (χ2v) is 5.21. The molecule has 0 aromatic carbocycles. The van der Waals surface area contributed by atoms with Gasteiger partial charge in [-0.05, 0) is 40.2 Å². The molecular weight excluding hydrogens is 216 g/mol. The molecule has 4 nitrogen and oxygen atoms in total. The molecule has 2 atom stereocenters. The third kappa shape index (κ3) is 2.87. The van der Waals surface area contributed by atoms with Crippen LogP contribution in [0.3, 0.4) is 0 Å². The van der Waals surface area contributed by atoms with Gasteiger partial charge >= 0.3 is 0 Å². The number of hydrogen-bond donors (Lipinski definition) is 1. The van der Waals surface area contributed by atoms with Crippen molar-refractivity contribution in [2.24, 2.45) is 0 Å². The zero-order valence-electron chi connectivity index (χ0n) is 10.9. The minimum atomic E-state index is -0.544. The quantitative estimate of drug-likeness (QED) is 0.878. The molecule has 4 heteroatoms. The van der Waals surface area contributed by atoms with E-state index >= 15 is 0 Å². The minimum absolute atomic E-state index is 0.374. The SMILES string of the molecule is CC(O)c1coc(C2CCCN(C(C)C)C2)n1. The molecule has 0 spiro atoms. The van der Waals surface area contributed by atoms with Crippen molar-refractivity contribution in [3.8, 4) is 0 Å². The van der Waals surface area contributed by atoms with Crippen LogP contribution in [0.4, 0.5) is 0 Å². The van der Waals surface area contributed by atoms with Gasteiger partial charge in [-0.25, -0.2) is 4.98 Å². The fraction of sp³-hybridized carbons (Fsp3) is 0.769. The number of nitrogens with zero attached hydrogens (tertiary/aromatic N) is 2. The molecule has 0 aliphatic carbocycles. The van der Waals surface area contributed by atoms with Crippen molar-refractivity contribution in [2.75, 3.05) is 13.1 Å². The van der Waals surface area contributed by atoms with Crippen LogP contribution in [0.25, 0.3) is 0 Å². The number of oxazole rings is 1. The molecule has 1 aliphatic rings. The normalized spacial score (nSPS) is 24.2. The molecule has 2 rings (SSSR count). The predicted octanol–water partition coefficient (Wildman–Crippen LogP) is 2.32. The van der Waals surface area contributed by atoms with Gasteiger partial charge in [-0.15, -0.1) is 0 Å². The largest absolute Gasteiger partial charge is 0.448 e. The van der Waals surface area contributed by atoms with Crippen molar-refractivity contribution in [3.63, 3.8) is 0 Å². The Kier molecular flexibility index (Phi) is 3.84. The maximum Gasteiger partial charge on any atom is 0.198 e. The first-order valence-electron chi connectivity index (χ1n) is 6.45. The Morgan fingerprint density at radius 1 is 1.47 bits per heavy atom. The van der Waals surface area contributed by atoms with Crippen LogP contribution in [-0.4, -0.2) is 34.1 Å². The Morgan fingerprint density at radius 3 is 2.82 bits per heavy atom. The number of rotatable bonds is 3. The summed E-state index contributed by atoms with van der Waals surface area (Å²) in [7, 11) is 0. The van der Waals surface area contributed by atoms with E-state index in [4.69, 9.17) is 4.42 Å². The third-order valence-electron chi connectivity index (χ3n) is 3.50. The van der Waals surface area contributed by atoms with E-state index in [-0.39, 0.29) is 0 Å². The summed E-state index contributed by atoms with van der Waals surface area (Å²) < 4.78 is 5.50. The fourth-order valence-corrected chi connectivity index (χ4v) is 2.36. The van der Waals surface area contributed by atoms with E-state index in [1.807, 2.05) is 0 Å². The molecule has 1 aromatic rings. The molecular formula is C13H22N2O2. The number of aliphatic hydroxyl groups is 1. The number of aromatic nitrogens is 1. The van der Waals surface area contributed by atoms with Crippen LogP contribution >= 0.6 is 0 Å². The van der Waals surface area contributed by atoms with Gasteiger partial charge < -0.3 is 14.4 Å². The number of likely N-dealkylation sites (tertiary alicyclic amines) is 1. The second kappa shape index (κ2) is 5.19. The van der Waals surface area contributed by atoms with Crippen molar-refractivity contribution in [1.82, 2.24) is 9.88 Å². The fourth-order valence-electron chi connectivity index (χ4n) is 2.36. The summed E-state index contributed by atoms with van der Waals surface area (Å²) in [5.41, 5.74) is 0.640. The van der Waals surface area contributed by atoms with Crippen molar-refractivity contribution < 1.29 is 9.52 Å². The molecule has 2 heterocycles. The van der Waals surface area contributed by atoms with Gasteiger partial charge in [-0.2, -0.15) is 0 Å². The average molecular weight is 238 g/mol. The molecule has 1 aromatic heterocycles. The van der Waals surface area contributed by atoms with Gasteiger partial charge in [0.15, 0.2) is 5.89 Å².